The third-order valence-electron chi connectivity index (χ3n) is 4.31. The predicted octanol–water partition coefficient (Wildman–Crippen LogP) is 6.84. The molecule has 0 spiro atoms. The van der Waals surface area contributed by atoms with Gasteiger partial charge in [0, 0.05) is 26.1 Å². The van der Waals surface area contributed by atoms with Crippen LogP contribution in [0.5, 0.6) is 0 Å². The van der Waals surface area contributed by atoms with Crippen LogP contribution in [0.15, 0.2) is 81.7 Å². The third kappa shape index (κ3) is 3.63. The molecule has 28 heavy (non-hydrogen) atoms. The molecular formula is C21H13Br2N3O2. The Bertz CT molecular complexity index is 1090. The van der Waals surface area contributed by atoms with Gasteiger partial charge in [0.25, 0.3) is 5.69 Å². The fourth-order valence-electron chi connectivity index (χ4n) is 2.98. The number of para-hydroxylation sites is 1. The van der Waals surface area contributed by atoms with Crippen molar-refractivity contribution in [1.82, 2.24) is 9.97 Å². The van der Waals surface area contributed by atoms with E-state index >= 15 is 0 Å². The maximum Gasteiger partial charge on any atom is 0.280 e. The zero-order chi connectivity index (χ0) is 19.7. The summed E-state index contributed by atoms with van der Waals surface area (Å²) < 4.78 is 1.94. The summed E-state index contributed by atoms with van der Waals surface area (Å²) >= 11 is 6.90. The highest BCUT2D eigenvalue weighted by atomic mass is 79.9. The Morgan fingerprint density at radius 3 is 2.00 bits per heavy atom. The van der Waals surface area contributed by atoms with Gasteiger partial charge in [-0.15, -0.1) is 0 Å². The molecule has 0 aliphatic carbocycles. The number of hydrogen-bond donors (Lipinski definition) is 1. The van der Waals surface area contributed by atoms with Gasteiger partial charge in [-0.3, -0.25) is 10.1 Å². The lowest BCUT2D eigenvalue weighted by molar-refractivity contribution is -0.384. The lowest BCUT2D eigenvalue weighted by Gasteiger charge is -2.04. The molecule has 0 radical (unpaired) electrons. The molecule has 1 N–H and O–H groups in total. The van der Waals surface area contributed by atoms with Crippen molar-refractivity contribution in [3.63, 3.8) is 0 Å². The average Bonchev–Trinajstić information content (AvgIpc) is 3.14. The number of nitro benzene ring substituents is 1. The first-order valence-electron chi connectivity index (χ1n) is 8.38. The molecule has 0 saturated carbocycles. The molecule has 0 saturated heterocycles. The highest BCUT2D eigenvalue weighted by molar-refractivity contribution is 9.10. The van der Waals surface area contributed by atoms with E-state index in [0.29, 0.717) is 11.4 Å². The van der Waals surface area contributed by atoms with Crippen LogP contribution in [0.25, 0.3) is 33.9 Å². The first-order chi connectivity index (χ1) is 13.5. The van der Waals surface area contributed by atoms with E-state index in [-0.39, 0.29) is 5.69 Å². The maximum atomic E-state index is 11.5. The summed E-state index contributed by atoms with van der Waals surface area (Å²) in [6, 6.07) is 22.3. The number of nitrogens with one attached hydrogen (secondary N) is 1. The zero-order valence-electron chi connectivity index (χ0n) is 14.4. The summed E-state index contributed by atoms with van der Waals surface area (Å²) in [5.41, 5.74) is 3.88. The van der Waals surface area contributed by atoms with Crippen molar-refractivity contribution in [2.24, 2.45) is 0 Å². The van der Waals surface area contributed by atoms with E-state index < -0.39 is 4.92 Å². The number of nitrogens with zero attached hydrogens (tertiary/aromatic N) is 2. The molecular weight excluding hydrogens is 486 g/mol. The molecule has 3 aromatic carbocycles. The summed E-state index contributed by atoms with van der Waals surface area (Å²) in [6.45, 7) is 0. The summed E-state index contributed by atoms with van der Waals surface area (Å²) in [5.74, 6) is 0.461. The molecule has 0 bridgehead atoms. The van der Waals surface area contributed by atoms with Crippen molar-refractivity contribution in [2.45, 2.75) is 0 Å². The minimum Gasteiger partial charge on any atom is -0.337 e. The molecule has 7 heteroatoms. The average molecular weight is 499 g/mol. The quantitative estimate of drug-likeness (QED) is 0.247. The molecule has 138 valence electrons. The van der Waals surface area contributed by atoms with E-state index in [0.717, 1.165) is 31.5 Å². The number of nitro groups is 1. The number of halogens is 2. The Morgan fingerprint density at radius 1 is 0.821 bits per heavy atom. The minimum absolute atomic E-state index is 0.0148. The normalized spacial score (nSPS) is 10.8. The number of hydrogen-bond acceptors (Lipinski definition) is 3. The van der Waals surface area contributed by atoms with E-state index in [1.54, 1.807) is 18.2 Å². The van der Waals surface area contributed by atoms with Gasteiger partial charge in [-0.25, -0.2) is 4.98 Å². The molecule has 0 amide bonds. The van der Waals surface area contributed by atoms with Crippen LogP contribution in [-0.2, 0) is 0 Å². The molecule has 4 aromatic rings. The number of rotatable bonds is 4. The molecule has 4 rings (SSSR count). The van der Waals surface area contributed by atoms with Crippen LogP contribution in [0.4, 0.5) is 5.69 Å². The van der Waals surface area contributed by atoms with E-state index in [4.69, 9.17) is 4.98 Å². The van der Waals surface area contributed by atoms with Crippen LogP contribution < -0.4 is 0 Å². The first kappa shape index (κ1) is 18.6. The molecule has 1 aromatic heterocycles. The Morgan fingerprint density at radius 2 is 1.39 bits per heavy atom. The highest BCUT2D eigenvalue weighted by Gasteiger charge is 2.21. The van der Waals surface area contributed by atoms with E-state index in [1.165, 1.54) is 6.07 Å². The SMILES string of the molecule is O=[N+]([O-])c1ccccc1-c1nc(-c2ccc(Br)cc2)c(-c2ccc(Br)cc2)[nH]1. The van der Waals surface area contributed by atoms with Crippen LogP contribution in [0.2, 0.25) is 0 Å². The van der Waals surface area contributed by atoms with Gasteiger partial charge < -0.3 is 4.98 Å². The van der Waals surface area contributed by atoms with Crippen molar-refractivity contribution in [1.29, 1.82) is 0 Å². The number of imidazole rings is 1. The predicted molar refractivity (Wildman–Crippen MR) is 117 cm³/mol. The number of benzene rings is 3. The van der Waals surface area contributed by atoms with Crippen molar-refractivity contribution >= 4 is 37.5 Å². The molecule has 0 aliphatic rings. The number of aromatic nitrogens is 2. The van der Waals surface area contributed by atoms with Gasteiger partial charge >= 0.3 is 0 Å². The molecule has 0 aliphatic heterocycles. The zero-order valence-corrected chi connectivity index (χ0v) is 17.6. The topological polar surface area (TPSA) is 71.8 Å². The Labute approximate surface area is 177 Å². The monoisotopic (exact) mass is 497 g/mol. The molecule has 5 nitrogen and oxygen atoms in total. The van der Waals surface area contributed by atoms with Gasteiger partial charge in [-0.1, -0.05) is 68.3 Å². The van der Waals surface area contributed by atoms with Gasteiger partial charge in [-0.2, -0.15) is 0 Å². The van der Waals surface area contributed by atoms with E-state index in [2.05, 4.69) is 36.8 Å². The van der Waals surface area contributed by atoms with Gasteiger partial charge in [-0.05, 0) is 30.3 Å². The second kappa shape index (κ2) is 7.69. The van der Waals surface area contributed by atoms with E-state index in [9.17, 15) is 10.1 Å². The summed E-state index contributed by atoms with van der Waals surface area (Å²) in [7, 11) is 0. The Kier molecular flexibility index (Phi) is 5.11. The third-order valence-corrected chi connectivity index (χ3v) is 5.37. The fourth-order valence-corrected chi connectivity index (χ4v) is 3.50. The van der Waals surface area contributed by atoms with Gasteiger partial charge in [0.2, 0.25) is 0 Å². The van der Waals surface area contributed by atoms with Crippen LogP contribution in [0.3, 0.4) is 0 Å². The summed E-state index contributed by atoms with van der Waals surface area (Å²) in [4.78, 5) is 19.1. The molecule has 0 unspecified atom stereocenters. The van der Waals surface area contributed by atoms with E-state index in [1.807, 2.05) is 48.5 Å². The fraction of sp³-hybridized carbons (Fsp3) is 0. The minimum atomic E-state index is -0.392. The van der Waals surface area contributed by atoms with Gasteiger partial charge in [0.05, 0.1) is 21.9 Å². The van der Waals surface area contributed by atoms with Crippen LogP contribution in [-0.4, -0.2) is 14.9 Å². The Hall–Kier alpha value is -2.77. The number of aromatic amines is 1. The van der Waals surface area contributed by atoms with Crippen LogP contribution in [0, 0.1) is 10.1 Å². The first-order valence-corrected chi connectivity index (χ1v) is 9.97. The lowest BCUT2D eigenvalue weighted by atomic mass is 10.1. The van der Waals surface area contributed by atoms with Crippen molar-refractivity contribution in [2.75, 3.05) is 0 Å². The standard InChI is InChI=1S/C21H13Br2N3O2/c22-15-9-5-13(6-10-15)19-20(14-7-11-16(23)12-8-14)25-21(24-19)17-3-1-2-4-18(17)26(27)28/h1-12H,(H,24,25). The van der Waals surface area contributed by atoms with Gasteiger partial charge in [0.1, 0.15) is 5.82 Å². The summed E-state index contributed by atoms with van der Waals surface area (Å²) in [6.07, 6.45) is 0. The second-order valence-electron chi connectivity index (χ2n) is 6.10. The largest absolute Gasteiger partial charge is 0.337 e. The van der Waals surface area contributed by atoms with Crippen molar-refractivity contribution in [3.8, 4) is 33.9 Å². The Balaban J connectivity index is 1.93. The maximum absolute atomic E-state index is 11.5. The van der Waals surface area contributed by atoms with Crippen LogP contribution >= 0.6 is 31.9 Å². The van der Waals surface area contributed by atoms with Crippen LogP contribution in [0.1, 0.15) is 0 Å². The summed E-state index contributed by atoms with van der Waals surface area (Å²) in [5, 5.41) is 11.5. The van der Waals surface area contributed by atoms with Crippen molar-refractivity contribution in [3.05, 3.63) is 91.9 Å². The highest BCUT2D eigenvalue weighted by Crippen LogP contribution is 2.36. The molecule has 0 atom stereocenters. The number of H-pyrrole nitrogens is 1. The second-order valence-corrected chi connectivity index (χ2v) is 7.93. The molecule has 0 fully saturated rings. The smallest absolute Gasteiger partial charge is 0.280 e. The lowest BCUT2D eigenvalue weighted by Crippen LogP contribution is -1.92. The van der Waals surface area contributed by atoms with Gasteiger partial charge in [0.15, 0.2) is 0 Å². The molecule has 1 heterocycles. The van der Waals surface area contributed by atoms with Crippen molar-refractivity contribution < 1.29 is 4.92 Å².